The van der Waals surface area contributed by atoms with Crippen LogP contribution in [0.2, 0.25) is 0 Å². The summed E-state index contributed by atoms with van der Waals surface area (Å²) in [5.41, 5.74) is 0. The normalized spacial score (nSPS) is 38.2. The first-order chi connectivity index (χ1) is 10.8. The van der Waals surface area contributed by atoms with Crippen LogP contribution >= 0.6 is 0 Å². The summed E-state index contributed by atoms with van der Waals surface area (Å²) in [7, 11) is 0. The molecule has 3 aliphatic carbocycles. The van der Waals surface area contributed by atoms with Gasteiger partial charge >= 0.3 is 6.18 Å². The fourth-order valence-corrected chi connectivity index (χ4v) is 4.63. The van der Waals surface area contributed by atoms with E-state index >= 15 is 0 Å². The first-order valence-electron chi connectivity index (χ1n) is 8.75. The zero-order valence-corrected chi connectivity index (χ0v) is 13.2. The summed E-state index contributed by atoms with van der Waals surface area (Å²) >= 11 is 0. The number of rotatable bonds is 2. The second kappa shape index (κ2) is 6.44. The molecular weight excluding hydrogens is 307 g/mol. The van der Waals surface area contributed by atoms with Crippen molar-refractivity contribution in [3.63, 3.8) is 0 Å². The van der Waals surface area contributed by atoms with Crippen LogP contribution in [-0.2, 0) is 9.59 Å². The molecule has 3 aliphatic rings. The molecule has 3 saturated carbocycles. The molecule has 0 saturated heterocycles. The lowest BCUT2D eigenvalue weighted by atomic mass is 9.67. The van der Waals surface area contributed by atoms with E-state index in [1.807, 2.05) is 0 Å². The number of amides is 1. The Balaban J connectivity index is 1.56. The van der Waals surface area contributed by atoms with Gasteiger partial charge in [-0.3, -0.25) is 9.59 Å². The van der Waals surface area contributed by atoms with E-state index in [0.29, 0.717) is 31.5 Å². The zero-order valence-electron chi connectivity index (χ0n) is 13.2. The molecule has 0 radical (unpaired) electrons. The Morgan fingerprint density at radius 3 is 2.17 bits per heavy atom. The summed E-state index contributed by atoms with van der Waals surface area (Å²) < 4.78 is 38.6. The highest BCUT2D eigenvalue weighted by atomic mass is 19.4. The van der Waals surface area contributed by atoms with Crippen molar-refractivity contribution in [3.8, 4) is 0 Å². The fraction of sp³-hybridized carbons (Fsp3) is 0.882. The van der Waals surface area contributed by atoms with Gasteiger partial charge in [-0.25, -0.2) is 0 Å². The minimum atomic E-state index is -4.17. The Kier molecular flexibility index (Phi) is 4.70. The van der Waals surface area contributed by atoms with Gasteiger partial charge in [0.05, 0.1) is 5.92 Å². The highest BCUT2D eigenvalue weighted by Gasteiger charge is 2.44. The molecule has 130 valence electrons. The molecule has 5 atom stereocenters. The summed E-state index contributed by atoms with van der Waals surface area (Å²) in [4.78, 5) is 24.5. The Bertz CT molecular complexity index is 461. The smallest absolute Gasteiger partial charge is 0.353 e. The number of carbonyl (C=O) groups excluding carboxylic acids is 2. The molecule has 3 nitrogen and oxygen atoms in total. The Hall–Kier alpha value is -1.07. The minimum absolute atomic E-state index is 0.00620. The summed E-state index contributed by atoms with van der Waals surface area (Å²) in [6.45, 7) is 0. The SMILES string of the molecule is O=C(N[C@@H]1CCC[C@@H](C(F)(F)F)C1)C1C[C@H]2CCC[C@@H](C1)C2=O. The lowest BCUT2D eigenvalue weighted by Crippen LogP contribution is -2.47. The van der Waals surface area contributed by atoms with Crippen LogP contribution in [0, 0.1) is 23.7 Å². The molecule has 0 aromatic rings. The molecule has 0 spiro atoms. The number of hydrogen-bond acceptors (Lipinski definition) is 2. The Morgan fingerprint density at radius 1 is 0.957 bits per heavy atom. The second-order valence-corrected chi connectivity index (χ2v) is 7.51. The quantitative estimate of drug-likeness (QED) is 0.840. The van der Waals surface area contributed by atoms with Gasteiger partial charge in [-0.1, -0.05) is 12.8 Å². The van der Waals surface area contributed by atoms with Crippen molar-refractivity contribution in [1.29, 1.82) is 0 Å². The molecule has 0 aliphatic heterocycles. The number of alkyl halides is 3. The van der Waals surface area contributed by atoms with Gasteiger partial charge in [-0.15, -0.1) is 0 Å². The van der Waals surface area contributed by atoms with Gasteiger partial charge in [0.2, 0.25) is 5.91 Å². The van der Waals surface area contributed by atoms with Crippen LogP contribution in [-0.4, -0.2) is 23.9 Å². The van der Waals surface area contributed by atoms with E-state index in [4.69, 9.17) is 0 Å². The van der Waals surface area contributed by atoms with E-state index in [-0.39, 0.29) is 42.5 Å². The summed E-state index contributed by atoms with van der Waals surface area (Å²) in [6.07, 6.45) is 1.04. The number of fused-ring (bicyclic) bond motifs is 2. The third kappa shape index (κ3) is 3.72. The number of Topliss-reactive ketones (excluding diaryl/α,β-unsaturated/α-hetero) is 1. The number of halogens is 3. The zero-order chi connectivity index (χ0) is 16.6. The van der Waals surface area contributed by atoms with E-state index < -0.39 is 12.1 Å². The molecule has 3 fully saturated rings. The predicted octanol–water partition coefficient (Wildman–Crippen LogP) is 3.62. The van der Waals surface area contributed by atoms with Gasteiger partial charge in [0, 0.05) is 23.8 Å². The van der Waals surface area contributed by atoms with E-state index in [2.05, 4.69) is 5.32 Å². The molecule has 0 aromatic carbocycles. The maximum atomic E-state index is 12.9. The van der Waals surface area contributed by atoms with Crippen molar-refractivity contribution in [2.45, 2.75) is 70.0 Å². The molecule has 3 rings (SSSR count). The predicted molar refractivity (Wildman–Crippen MR) is 78.5 cm³/mol. The summed E-state index contributed by atoms with van der Waals surface area (Å²) in [6, 6.07) is -0.375. The lowest BCUT2D eigenvalue weighted by Gasteiger charge is -2.38. The molecule has 1 N–H and O–H groups in total. The number of nitrogens with one attached hydrogen (secondary N) is 1. The molecule has 23 heavy (non-hydrogen) atoms. The van der Waals surface area contributed by atoms with Crippen LogP contribution in [0.3, 0.4) is 0 Å². The molecule has 0 heterocycles. The first-order valence-corrected chi connectivity index (χ1v) is 8.75. The molecule has 0 aromatic heterocycles. The van der Waals surface area contributed by atoms with Gasteiger partial charge < -0.3 is 5.32 Å². The maximum absolute atomic E-state index is 12.9. The van der Waals surface area contributed by atoms with Crippen molar-refractivity contribution in [2.75, 3.05) is 0 Å². The average Bonchev–Trinajstić information content (AvgIpc) is 2.46. The van der Waals surface area contributed by atoms with E-state index in [0.717, 1.165) is 19.3 Å². The van der Waals surface area contributed by atoms with Gasteiger partial charge in [0.1, 0.15) is 5.78 Å². The largest absolute Gasteiger partial charge is 0.391 e. The van der Waals surface area contributed by atoms with Crippen molar-refractivity contribution < 1.29 is 22.8 Å². The molecule has 1 unspecified atom stereocenters. The van der Waals surface area contributed by atoms with E-state index in [1.54, 1.807) is 0 Å². The van der Waals surface area contributed by atoms with Crippen LogP contribution in [0.15, 0.2) is 0 Å². The van der Waals surface area contributed by atoms with Gasteiger partial charge in [0.15, 0.2) is 0 Å². The number of ketones is 1. The molecule has 1 amide bonds. The minimum Gasteiger partial charge on any atom is -0.353 e. The lowest BCUT2D eigenvalue weighted by molar-refractivity contribution is -0.184. The van der Waals surface area contributed by atoms with Crippen LogP contribution in [0.4, 0.5) is 13.2 Å². The molecular formula is C17H24F3NO2. The van der Waals surface area contributed by atoms with Gasteiger partial charge in [-0.2, -0.15) is 13.2 Å². The summed E-state index contributed by atoms with van der Waals surface area (Å²) in [5.74, 6) is -1.35. The van der Waals surface area contributed by atoms with Crippen LogP contribution < -0.4 is 5.32 Å². The van der Waals surface area contributed by atoms with Crippen molar-refractivity contribution >= 4 is 11.7 Å². The average molecular weight is 331 g/mol. The monoisotopic (exact) mass is 331 g/mol. The standard InChI is InChI=1S/C17H24F3NO2/c18-17(19,20)13-5-2-6-14(9-13)21-16(23)12-7-10-3-1-4-11(8-12)15(10)22/h10-14H,1-9H2,(H,21,23)/t10-,11+,12?,13-,14-/m1/s1. The van der Waals surface area contributed by atoms with Crippen molar-refractivity contribution in [1.82, 2.24) is 5.32 Å². The van der Waals surface area contributed by atoms with E-state index in [1.165, 1.54) is 0 Å². The van der Waals surface area contributed by atoms with Crippen LogP contribution in [0.5, 0.6) is 0 Å². The van der Waals surface area contributed by atoms with E-state index in [9.17, 15) is 22.8 Å². The van der Waals surface area contributed by atoms with Gasteiger partial charge in [-0.05, 0) is 44.9 Å². The summed E-state index contributed by atoms with van der Waals surface area (Å²) in [5, 5.41) is 2.84. The molecule has 2 bridgehead atoms. The topological polar surface area (TPSA) is 46.2 Å². The highest BCUT2D eigenvalue weighted by molar-refractivity contribution is 5.88. The van der Waals surface area contributed by atoms with Crippen LogP contribution in [0.1, 0.15) is 57.8 Å². The first kappa shape index (κ1) is 16.8. The fourth-order valence-electron chi connectivity index (χ4n) is 4.63. The van der Waals surface area contributed by atoms with Crippen molar-refractivity contribution in [3.05, 3.63) is 0 Å². The van der Waals surface area contributed by atoms with Crippen LogP contribution in [0.25, 0.3) is 0 Å². The molecule has 6 heteroatoms. The third-order valence-electron chi connectivity index (χ3n) is 5.90. The third-order valence-corrected chi connectivity index (χ3v) is 5.90. The number of carbonyl (C=O) groups is 2. The van der Waals surface area contributed by atoms with Crippen molar-refractivity contribution in [2.24, 2.45) is 23.7 Å². The second-order valence-electron chi connectivity index (χ2n) is 7.51. The van der Waals surface area contributed by atoms with Gasteiger partial charge in [0.25, 0.3) is 0 Å². The highest BCUT2D eigenvalue weighted by Crippen LogP contribution is 2.41. The number of hydrogen-bond donors (Lipinski definition) is 1. The Labute approximate surface area is 134 Å². The Morgan fingerprint density at radius 2 is 1.57 bits per heavy atom. The maximum Gasteiger partial charge on any atom is 0.391 e.